The van der Waals surface area contributed by atoms with E-state index in [-0.39, 0.29) is 0 Å². The predicted molar refractivity (Wildman–Crippen MR) is 57.8 cm³/mol. The maximum atomic E-state index is 8.64. The second kappa shape index (κ2) is 5.33. The van der Waals surface area contributed by atoms with E-state index in [1.165, 1.54) is 0 Å². The van der Waals surface area contributed by atoms with Crippen LogP contribution in [-0.4, -0.2) is 17.7 Å². The van der Waals surface area contributed by atoms with Gasteiger partial charge in [0.05, 0.1) is 12.5 Å². The summed E-state index contributed by atoms with van der Waals surface area (Å²) in [7, 11) is 0. The van der Waals surface area contributed by atoms with Gasteiger partial charge in [-0.05, 0) is 46.6 Å². The topological polar surface area (TPSA) is 38.9 Å². The van der Waals surface area contributed by atoms with Crippen LogP contribution in [0.3, 0.4) is 0 Å². The summed E-state index contributed by atoms with van der Waals surface area (Å²) in [5.41, 5.74) is -0.400. The Bertz CT molecular complexity index is 196. The van der Waals surface area contributed by atoms with Crippen LogP contribution in [0, 0.1) is 11.3 Å². The third-order valence-corrected chi connectivity index (χ3v) is 1.88. The summed E-state index contributed by atoms with van der Waals surface area (Å²) in [5.74, 6) is 0. The fraction of sp³-hybridized carbons (Fsp3) is 0.909. The number of nitrogens with zero attached hydrogens (tertiary/aromatic N) is 2. The molecule has 0 amide bonds. The lowest BCUT2D eigenvalue weighted by molar-refractivity contribution is -0.190. The van der Waals surface area contributed by atoms with Gasteiger partial charge in [-0.2, -0.15) is 5.26 Å². The average molecular weight is 198 g/mol. The maximum absolute atomic E-state index is 8.64. The molecule has 0 N–H and O–H groups in total. The molecule has 0 saturated carbocycles. The normalized spacial score (nSPS) is 12.6. The van der Waals surface area contributed by atoms with Crippen LogP contribution in [-0.2, 0) is 4.84 Å². The summed E-state index contributed by atoms with van der Waals surface area (Å²) in [6.07, 6.45) is 0.406. The number of nitriles is 1. The first-order valence-electron chi connectivity index (χ1n) is 5.14. The van der Waals surface area contributed by atoms with Gasteiger partial charge in [0, 0.05) is 0 Å². The summed E-state index contributed by atoms with van der Waals surface area (Å²) < 4.78 is 0. The van der Waals surface area contributed by atoms with Crippen molar-refractivity contribution in [1.29, 1.82) is 5.26 Å². The highest BCUT2D eigenvalue weighted by molar-refractivity contribution is 4.84. The Labute approximate surface area is 87.6 Å². The molecule has 0 heterocycles. The van der Waals surface area contributed by atoms with Gasteiger partial charge in [0.2, 0.25) is 0 Å². The molecule has 81 valence electrons. The van der Waals surface area contributed by atoms with Crippen molar-refractivity contribution in [2.75, 3.05) is 0 Å². The Morgan fingerprint density at radius 3 is 1.93 bits per heavy atom. The van der Waals surface area contributed by atoms with Crippen molar-refractivity contribution in [2.45, 2.75) is 65.6 Å². The van der Waals surface area contributed by atoms with Gasteiger partial charge in [0.25, 0.3) is 0 Å². The van der Waals surface area contributed by atoms with Crippen molar-refractivity contribution in [3.05, 3.63) is 0 Å². The minimum Gasteiger partial charge on any atom is -0.198 e. The molecule has 0 aliphatic carbocycles. The molecule has 0 aliphatic rings. The molecule has 0 atom stereocenters. The molecular formula is C11H22N2O+. The highest BCUT2D eigenvalue weighted by Crippen LogP contribution is 2.17. The van der Waals surface area contributed by atoms with Crippen LogP contribution in [0.25, 0.3) is 0 Å². The summed E-state index contributed by atoms with van der Waals surface area (Å²) in [4.78, 5) is 5.81. The average Bonchev–Trinajstić information content (AvgIpc) is 1.99. The lowest BCUT2D eigenvalue weighted by Gasteiger charge is -2.25. The quantitative estimate of drug-likeness (QED) is 0.503. The van der Waals surface area contributed by atoms with Gasteiger partial charge in [-0.3, -0.25) is 0 Å². The molecule has 0 spiro atoms. The Kier molecular flexibility index (Phi) is 5.11. The van der Waals surface area contributed by atoms with Crippen molar-refractivity contribution < 1.29 is 4.84 Å². The first kappa shape index (κ1) is 13.4. The smallest absolute Gasteiger partial charge is 0.164 e. The van der Waals surface area contributed by atoms with E-state index in [9.17, 15) is 0 Å². The van der Waals surface area contributed by atoms with E-state index >= 15 is 0 Å². The van der Waals surface area contributed by atoms with E-state index < -0.39 is 5.60 Å². The largest absolute Gasteiger partial charge is 0.198 e. The van der Waals surface area contributed by atoms with Crippen LogP contribution in [0.1, 0.15) is 48.0 Å². The van der Waals surface area contributed by atoms with Gasteiger partial charge in [-0.25, -0.2) is 0 Å². The number of hydrogen-bond acceptors (Lipinski definition) is 3. The molecule has 0 bridgehead atoms. The predicted octanol–water partition coefficient (Wildman–Crippen LogP) is 2.57. The zero-order chi connectivity index (χ0) is 11.4. The van der Waals surface area contributed by atoms with Crippen molar-refractivity contribution in [3.63, 3.8) is 0 Å². The fourth-order valence-electron chi connectivity index (χ4n) is 1.32. The van der Waals surface area contributed by atoms with Crippen molar-refractivity contribution >= 4 is 0 Å². The van der Waals surface area contributed by atoms with Crippen LogP contribution in [0.2, 0.25) is 0 Å². The molecule has 0 aliphatic heterocycles. The summed E-state index contributed by atoms with van der Waals surface area (Å²) in [6, 6.07) is 2.79. The van der Waals surface area contributed by atoms with E-state index in [1.807, 2.05) is 18.9 Å². The molecule has 0 aromatic heterocycles. The van der Waals surface area contributed by atoms with E-state index in [0.29, 0.717) is 18.5 Å². The molecule has 0 aromatic carbocycles. The van der Waals surface area contributed by atoms with E-state index in [2.05, 4.69) is 33.8 Å². The van der Waals surface area contributed by atoms with Crippen LogP contribution >= 0.6 is 0 Å². The fourth-order valence-corrected chi connectivity index (χ4v) is 1.32. The highest BCUT2D eigenvalue weighted by atomic mass is 16.7. The molecule has 0 unspecified atom stereocenters. The van der Waals surface area contributed by atoms with Gasteiger partial charge in [-0.15, -0.1) is 4.84 Å². The molecule has 3 heteroatoms. The lowest BCUT2D eigenvalue weighted by Crippen LogP contribution is -2.48. The number of hydrogen-bond donors (Lipinski definition) is 0. The van der Waals surface area contributed by atoms with Crippen molar-refractivity contribution in [3.8, 4) is 6.07 Å². The maximum Gasteiger partial charge on any atom is 0.164 e. The van der Waals surface area contributed by atoms with Gasteiger partial charge >= 0.3 is 0 Å². The van der Waals surface area contributed by atoms with Crippen LogP contribution in [0.15, 0.2) is 0 Å². The second-order valence-electron chi connectivity index (χ2n) is 4.73. The zero-order valence-electron chi connectivity index (χ0n) is 10.2. The molecule has 14 heavy (non-hydrogen) atoms. The third-order valence-electron chi connectivity index (χ3n) is 1.88. The number of hydroxylamine groups is 2. The Balaban J connectivity index is 4.37. The van der Waals surface area contributed by atoms with Crippen molar-refractivity contribution in [1.82, 2.24) is 5.06 Å². The van der Waals surface area contributed by atoms with Gasteiger partial charge in [0.15, 0.2) is 12.1 Å². The van der Waals surface area contributed by atoms with E-state index in [0.717, 1.165) is 0 Å². The molecule has 0 saturated heterocycles. The molecular weight excluding hydrogens is 176 g/mol. The zero-order valence-corrected chi connectivity index (χ0v) is 10.2. The van der Waals surface area contributed by atoms with Gasteiger partial charge in [-0.1, -0.05) is 0 Å². The second-order valence-corrected chi connectivity index (χ2v) is 4.73. The lowest BCUT2D eigenvalue weighted by atomic mass is 10.1. The van der Waals surface area contributed by atoms with Gasteiger partial charge < -0.3 is 0 Å². The monoisotopic (exact) mass is 198 g/mol. The highest BCUT2D eigenvalue weighted by Gasteiger charge is 2.34. The van der Waals surface area contributed by atoms with Crippen molar-refractivity contribution in [2.24, 2.45) is 0 Å². The Morgan fingerprint density at radius 1 is 1.21 bits per heavy atom. The minimum atomic E-state index is -0.400. The Hall–Kier alpha value is -0.590. The Morgan fingerprint density at radius 2 is 1.64 bits per heavy atom. The first-order valence-corrected chi connectivity index (χ1v) is 5.14. The van der Waals surface area contributed by atoms with Gasteiger partial charge in [0.1, 0.15) is 5.60 Å². The minimum absolute atomic E-state index is 0.327. The molecule has 3 nitrogen and oxygen atoms in total. The first-order chi connectivity index (χ1) is 6.30. The SMILES string of the molecule is CC(C)[N+](OC(C)(C)CC#N)C(C)C. The summed E-state index contributed by atoms with van der Waals surface area (Å²) in [6.45, 7) is 12.2. The van der Waals surface area contributed by atoms with Crippen LogP contribution in [0.5, 0.6) is 0 Å². The molecule has 0 aromatic rings. The standard InChI is InChI=1S/C11H22N2O/c1-9(2)13(10(3)4)14-11(5,6)7-8-12/h9-10H,7H2,1-6H3/q+1. The van der Waals surface area contributed by atoms with E-state index in [1.54, 1.807) is 0 Å². The molecule has 0 rings (SSSR count). The summed E-state index contributed by atoms with van der Waals surface area (Å²) >= 11 is 0. The van der Waals surface area contributed by atoms with E-state index in [4.69, 9.17) is 10.1 Å². The third kappa shape index (κ3) is 4.59. The van der Waals surface area contributed by atoms with Crippen LogP contribution < -0.4 is 5.06 Å². The van der Waals surface area contributed by atoms with Crippen LogP contribution in [0.4, 0.5) is 0 Å². The molecule has 0 fully saturated rings. The number of rotatable bonds is 5. The molecule has 1 radical (unpaired) electrons. The summed E-state index contributed by atoms with van der Waals surface area (Å²) in [5, 5.41) is 10.6.